The van der Waals surface area contributed by atoms with Crippen molar-refractivity contribution in [2.24, 2.45) is 0 Å². The van der Waals surface area contributed by atoms with E-state index in [2.05, 4.69) is 37.2 Å². The maximum absolute atomic E-state index is 5.60. The Morgan fingerprint density at radius 3 is 2.60 bits per heavy atom. The highest BCUT2D eigenvalue weighted by atomic mass is 16.3. The fourth-order valence-electron chi connectivity index (χ4n) is 2.08. The van der Waals surface area contributed by atoms with Crippen molar-refractivity contribution < 1.29 is 8.83 Å². The topological polar surface area (TPSA) is 41.5 Å². The van der Waals surface area contributed by atoms with Crippen LogP contribution < -0.4 is 5.32 Å². The van der Waals surface area contributed by atoms with Crippen LogP contribution in [0.5, 0.6) is 0 Å². The van der Waals surface area contributed by atoms with E-state index in [1.165, 1.54) is 5.56 Å². The Labute approximate surface area is 120 Å². The fourth-order valence-corrected chi connectivity index (χ4v) is 2.08. The van der Waals surface area contributed by atoms with Gasteiger partial charge in [0.05, 0.1) is 19.4 Å². The van der Waals surface area contributed by atoms with Crippen LogP contribution in [-0.2, 0) is 19.6 Å². The zero-order valence-electron chi connectivity index (χ0n) is 12.8. The van der Waals surface area contributed by atoms with E-state index in [0.29, 0.717) is 6.04 Å². The van der Waals surface area contributed by atoms with E-state index < -0.39 is 0 Å². The molecule has 1 N–H and O–H groups in total. The van der Waals surface area contributed by atoms with Crippen LogP contribution in [0.15, 0.2) is 33.3 Å². The van der Waals surface area contributed by atoms with Crippen molar-refractivity contribution in [1.82, 2.24) is 10.2 Å². The van der Waals surface area contributed by atoms with E-state index in [1.807, 2.05) is 25.3 Å². The fraction of sp³-hybridized carbons (Fsp3) is 0.500. The standard InChI is InChI=1S/C16H24N2O2/c1-12(2)17-8-14-7-16(19-11-14)10-18(4)9-15-6-5-13(3)20-15/h5-7,11-12,17H,8-10H2,1-4H3. The smallest absolute Gasteiger partial charge is 0.118 e. The molecule has 20 heavy (non-hydrogen) atoms. The van der Waals surface area contributed by atoms with Gasteiger partial charge >= 0.3 is 0 Å². The Kier molecular flexibility index (Phi) is 5.04. The Morgan fingerprint density at radius 1 is 1.20 bits per heavy atom. The molecule has 0 saturated carbocycles. The minimum absolute atomic E-state index is 0.484. The Bertz CT molecular complexity index is 528. The van der Waals surface area contributed by atoms with Gasteiger partial charge in [-0.1, -0.05) is 13.8 Å². The molecule has 4 nitrogen and oxygen atoms in total. The average molecular weight is 276 g/mol. The molecule has 0 unspecified atom stereocenters. The van der Waals surface area contributed by atoms with Crippen molar-refractivity contribution >= 4 is 0 Å². The van der Waals surface area contributed by atoms with Crippen LogP contribution >= 0.6 is 0 Å². The minimum Gasteiger partial charge on any atom is -0.468 e. The molecule has 4 heteroatoms. The Hall–Kier alpha value is -1.52. The number of nitrogens with one attached hydrogen (secondary N) is 1. The second-order valence-corrected chi connectivity index (χ2v) is 5.64. The zero-order valence-corrected chi connectivity index (χ0v) is 12.8. The molecular weight excluding hydrogens is 252 g/mol. The molecule has 2 aromatic rings. The number of furan rings is 2. The predicted molar refractivity (Wildman–Crippen MR) is 79.3 cm³/mol. The van der Waals surface area contributed by atoms with Crippen LogP contribution in [0, 0.1) is 6.92 Å². The van der Waals surface area contributed by atoms with Gasteiger partial charge in [-0.25, -0.2) is 0 Å². The highest BCUT2D eigenvalue weighted by Crippen LogP contribution is 2.13. The molecule has 2 heterocycles. The summed E-state index contributed by atoms with van der Waals surface area (Å²) in [6, 6.07) is 6.61. The number of hydrogen-bond acceptors (Lipinski definition) is 4. The normalized spacial score (nSPS) is 11.7. The molecule has 0 aliphatic rings. The van der Waals surface area contributed by atoms with E-state index in [1.54, 1.807) is 0 Å². The lowest BCUT2D eigenvalue weighted by atomic mass is 10.2. The minimum atomic E-state index is 0.484. The molecule has 0 aliphatic heterocycles. The monoisotopic (exact) mass is 276 g/mol. The quantitative estimate of drug-likeness (QED) is 0.842. The maximum atomic E-state index is 5.60. The summed E-state index contributed by atoms with van der Waals surface area (Å²) < 4.78 is 11.2. The van der Waals surface area contributed by atoms with Crippen molar-refractivity contribution in [2.75, 3.05) is 7.05 Å². The van der Waals surface area contributed by atoms with Gasteiger partial charge < -0.3 is 14.2 Å². The van der Waals surface area contributed by atoms with Gasteiger partial charge in [0.15, 0.2) is 0 Å². The second kappa shape index (κ2) is 6.77. The van der Waals surface area contributed by atoms with E-state index in [9.17, 15) is 0 Å². The van der Waals surface area contributed by atoms with Gasteiger partial charge in [-0.2, -0.15) is 0 Å². The molecule has 0 spiro atoms. The summed E-state index contributed by atoms with van der Waals surface area (Å²) in [5, 5.41) is 3.38. The predicted octanol–water partition coefficient (Wildman–Crippen LogP) is 3.31. The van der Waals surface area contributed by atoms with Gasteiger partial charge in [0.2, 0.25) is 0 Å². The van der Waals surface area contributed by atoms with Crippen molar-refractivity contribution in [2.45, 2.75) is 46.4 Å². The van der Waals surface area contributed by atoms with Gasteiger partial charge in [0, 0.05) is 18.2 Å². The van der Waals surface area contributed by atoms with Gasteiger partial charge in [-0.05, 0) is 32.2 Å². The summed E-state index contributed by atoms with van der Waals surface area (Å²) in [5.74, 6) is 2.92. The zero-order chi connectivity index (χ0) is 14.5. The lowest BCUT2D eigenvalue weighted by Crippen LogP contribution is -2.21. The van der Waals surface area contributed by atoms with Crippen molar-refractivity contribution in [3.8, 4) is 0 Å². The third kappa shape index (κ3) is 4.54. The molecule has 0 aromatic carbocycles. The van der Waals surface area contributed by atoms with Gasteiger partial charge in [-0.15, -0.1) is 0 Å². The molecule has 110 valence electrons. The molecule has 0 saturated heterocycles. The first-order valence-corrected chi connectivity index (χ1v) is 7.06. The lowest BCUT2D eigenvalue weighted by Gasteiger charge is -2.12. The van der Waals surface area contributed by atoms with Crippen LogP contribution in [0.3, 0.4) is 0 Å². The van der Waals surface area contributed by atoms with Crippen molar-refractivity contribution in [1.29, 1.82) is 0 Å². The first kappa shape index (κ1) is 14.9. The van der Waals surface area contributed by atoms with Gasteiger partial charge in [-0.3, -0.25) is 4.90 Å². The SMILES string of the molecule is Cc1ccc(CN(C)Cc2cc(CNC(C)C)co2)o1. The molecule has 0 amide bonds. The third-order valence-corrected chi connectivity index (χ3v) is 3.07. The number of rotatable bonds is 7. The summed E-state index contributed by atoms with van der Waals surface area (Å²) in [6.07, 6.45) is 1.83. The molecule has 0 fully saturated rings. The van der Waals surface area contributed by atoms with Gasteiger partial charge in [0.1, 0.15) is 17.3 Å². The molecule has 2 aromatic heterocycles. The Balaban J connectivity index is 1.83. The maximum Gasteiger partial charge on any atom is 0.118 e. The molecule has 0 bridgehead atoms. The second-order valence-electron chi connectivity index (χ2n) is 5.64. The first-order chi connectivity index (χ1) is 9.52. The van der Waals surface area contributed by atoms with Crippen molar-refractivity contribution in [3.05, 3.63) is 47.3 Å². The van der Waals surface area contributed by atoms with Gasteiger partial charge in [0.25, 0.3) is 0 Å². The van der Waals surface area contributed by atoms with Crippen LogP contribution in [0.2, 0.25) is 0 Å². The average Bonchev–Trinajstić information content (AvgIpc) is 2.96. The first-order valence-electron chi connectivity index (χ1n) is 7.06. The summed E-state index contributed by atoms with van der Waals surface area (Å²) >= 11 is 0. The Morgan fingerprint density at radius 2 is 1.95 bits per heavy atom. The van der Waals surface area contributed by atoms with Crippen LogP contribution in [0.1, 0.15) is 36.7 Å². The summed E-state index contributed by atoms with van der Waals surface area (Å²) in [5.41, 5.74) is 1.19. The largest absolute Gasteiger partial charge is 0.468 e. The summed E-state index contributed by atoms with van der Waals surface area (Å²) in [6.45, 7) is 8.65. The lowest BCUT2D eigenvalue weighted by molar-refractivity contribution is 0.263. The van der Waals surface area contributed by atoms with E-state index >= 15 is 0 Å². The molecular formula is C16H24N2O2. The number of nitrogens with zero attached hydrogens (tertiary/aromatic N) is 1. The number of aryl methyl sites for hydroxylation is 1. The van der Waals surface area contributed by atoms with Crippen LogP contribution in [-0.4, -0.2) is 18.0 Å². The van der Waals surface area contributed by atoms with Crippen molar-refractivity contribution in [3.63, 3.8) is 0 Å². The molecule has 0 radical (unpaired) electrons. The molecule has 0 aliphatic carbocycles. The molecule has 0 atom stereocenters. The summed E-state index contributed by atoms with van der Waals surface area (Å²) in [7, 11) is 2.06. The number of hydrogen-bond donors (Lipinski definition) is 1. The van der Waals surface area contributed by atoms with E-state index in [4.69, 9.17) is 8.83 Å². The van der Waals surface area contributed by atoms with Crippen LogP contribution in [0.25, 0.3) is 0 Å². The summed E-state index contributed by atoms with van der Waals surface area (Å²) in [4.78, 5) is 2.18. The highest BCUT2D eigenvalue weighted by molar-refractivity contribution is 5.13. The van der Waals surface area contributed by atoms with E-state index in [-0.39, 0.29) is 0 Å². The third-order valence-electron chi connectivity index (χ3n) is 3.07. The van der Waals surface area contributed by atoms with E-state index in [0.717, 1.165) is 36.9 Å². The highest BCUT2D eigenvalue weighted by Gasteiger charge is 2.08. The molecule has 2 rings (SSSR count). The van der Waals surface area contributed by atoms with Crippen LogP contribution in [0.4, 0.5) is 0 Å².